The first-order chi connectivity index (χ1) is 9.22. The molecule has 1 aromatic rings. The number of carbonyl (C=O) groups is 1. The molecular weight excluding hydrogens is 246 g/mol. The third-order valence-electron chi connectivity index (χ3n) is 2.41. The smallest absolute Gasteiger partial charge is 0.344 e. The van der Waals surface area contributed by atoms with E-state index in [1.54, 1.807) is 6.92 Å². The highest BCUT2D eigenvalue weighted by Crippen LogP contribution is 2.31. The molecule has 0 atom stereocenters. The van der Waals surface area contributed by atoms with Crippen LogP contribution in [0.4, 0.5) is 0 Å². The first kappa shape index (κ1) is 15.3. The van der Waals surface area contributed by atoms with Gasteiger partial charge in [0, 0.05) is 0 Å². The molecule has 2 N–H and O–H groups in total. The van der Waals surface area contributed by atoms with Crippen molar-refractivity contribution in [3.8, 4) is 11.5 Å². The Morgan fingerprint density at radius 3 is 2.63 bits per heavy atom. The van der Waals surface area contributed by atoms with Gasteiger partial charge in [-0.2, -0.15) is 0 Å². The van der Waals surface area contributed by atoms with E-state index in [2.05, 4.69) is 0 Å². The molecule has 0 amide bonds. The second kappa shape index (κ2) is 8.37. The molecule has 106 valence electrons. The van der Waals surface area contributed by atoms with Crippen molar-refractivity contribution in [1.82, 2.24) is 0 Å². The number of hydrogen-bond acceptors (Lipinski definition) is 5. The summed E-state index contributed by atoms with van der Waals surface area (Å²) in [4.78, 5) is 11.3. The summed E-state index contributed by atoms with van der Waals surface area (Å²) >= 11 is 0. The van der Waals surface area contributed by atoms with Crippen LogP contribution in [0.5, 0.6) is 11.5 Å². The summed E-state index contributed by atoms with van der Waals surface area (Å²) in [5, 5.41) is 0. The molecule has 1 aromatic carbocycles. The van der Waals surface area contributed by atoms with Gasteiger partial charge in [0.25, 0.3) is 0 Å². The Labute approximate surface area is 113 Å². The highest BCUT2D eigenvalue weighted by molar-refractivity contribution is 5.71. The quantitative estimate of drug-likeness (QED) is 0.723. The largest absolute Gasteiger partial charge is 0.490 e. The molecule has 0 saturated heterocycles. The number of para-hydroxylation sites is 1. The maximum absolute atomic E-state index is 11.3. The summed E-state index contributed by atoms with van der Waals surface area (Å²) in [7, 11) is 0. The molecule has 0 heterocycles. The van der Waals surface area contributed by atoms with E-state index in [0.29, 0.717) is 37.7 Å². The summed E-state index contributed by atoms with van der Waals surface area (Å²) in [5.74, 6) is 0.799. The van der Waals surface area contributed by atoms with Crippen LogP contribution in [0, 0.1) is 0 Å². The summed E-state index contributed by atoms with van der Waals surface area (Å²) in [5.41, 5.74) is 6.50. The zero-order chi connectivity index (χ0) is 14.1. The van der Waals surface area contributed by atoms with Gasteiger partial charge in [0.05, 0.1) is 13.2 Å². The maximum atomic E-state index is 11.3. The van der Waals surface area contributed by atoms with Gasteiger partial charge in [-0.3, -0.25) is 0 Å². The Bertz CT molecular complexity index is 382. The van der Waals surface area contributed by atoms with Gasteiger partial charge >= 0.3 is 5.97 Å². The van der Waals surface area contributed by atoms with Crippen LogP contribution >= 0.6 is 0 Å². The third-order valence-corrected chi connectivity index (χ3v) is 2.41. The maximum Gasteiger partial charge on any atom is 0.344 e. The molecule has 0 bridgehead atoms. The zero-order valence-corrected chi connectivity index (χ0v) is 11.5. The number of nitrogens with two attached hydrogens (primary N) is 1. The fourth-order valence-corrected chi connectivity index (χ4v) is 1.68. The Hall–Kier alpha value is -1.75. The minimum absolute atomic E-state index is 0.129. The Balaban J connectivity index is 2.83. The molecule has 0 spiro atoms. The predicted octanol–water partition coefficient (Wildman–Crippen LogP) is 1.53. The van der Waals surface area contributed by atoms with Gasteiger partial charge in [0.1, 0.15) is 0 Å². The monoisotopic (exact) mass is 267 g/mol. The normalized spacial score (nSPS) is 10.1. The fourth-order valence-electron chi connectivity index (χ4n) is 1.68. The van der Waals surface area contributed by atoms with Crippen molar-refractivity contribution < 1.29 is 19.0 Å². The highest BCUT2D eigenvalue weighted by Gasteiger charge is 2.12. The SMILES string of the molecule is CCOC(=O)COc1c(CCN)cccc1OCC. The third kappa shape index (κ3) is 4.79. The summed E-state index contributed by atoms with van der Waals surface area (Å²) in [6.45, 7) is 4.89. The minimum atomic E-state index is -0.396. The molecule has 1 rings (SSSR count). The average molecular weight is 267 g/mol. The van der Waals surface area contributed by atoms with Crippen LogP contribution in [0.2, 0.25) is 0 Å². The van der Waals surface area contributed by atoms with E-state index in [1.807, 2.05) is 25.1 Å². The van der Waals surface area contributed by atoms with E-state index >= 15 is 0 Å². The number of rotatable bonds is 8. The van der Waals surface area contributed by atoms with Crippen LogP contribution in [0.3, 0.4) is 0 Å². The molecule has 0 radical (unpaired) electrons. The number of carbonyl (C=O) groups excluding carboxylic acids is 1. The van der Waals surface area contributed by atoms with Crippen molar-refractivity contribution in [2.24, 2.45) is 5.73 Å². The fraction of sp³-hybridized carbons (Fsp3) is 0.500. The van der Waals surface area contributed by atoms with Crippen LogP contribution < -0.4 is 15.2 Å². The van der Waals surface area contributed by atoms with Crippen molar-refractivity contribution in [3.05, 3.63) is 23.8 Å². The molecule has 0 saturated carbocycles. The molecule has 5 heteroatoms. The van der Waals surface area contributed by atoms with Gasteiger partial charge in [0.2, 0.25) is 0 Å². The van der Waals surface area contributed by atoms with E-state index in [1.165, 1.54) is 0 Å². The van der Waals surface area contributed by atoms with Crippen molar-refractivity contribution in [2.45, 2.75) is 20.3 Å². The lowest BCUT2D eigenvalue weighted by Crippen LogP contribution is -2.16. The second-order valence-corrected chi connectivity index (χ2v) is 3.81. The molecule has 0 aliphatic heterocycles. The molecule has 0 aliphatic carbocycles. The molecule has 0 unspecified atom stereocenters. The van der Waals surface area contributed by atoms with E-state index in [4.69, 9.17) is 19.9 Å². The van der Waals surface area contributed by atoms with Crippen LogP contribution in [-0.4, -0.2) is 32.3 Å². The van der Waals surface area contributed by atoms with Crippen molar-refractivity contribution in [1.29, 1.82) is 0 Å². The lowest BCUT2D eigenvalue weighted by molar-refractivity contribution is -0.145. The lowest BCUT2D eigenvalue weighted by Gasteiger charge is -2.15. The number of benzene rings is 1. The minimum Gasteiger partial charge on any atom is -0.490 e. The number of esters is 1. The Morgan fingerprint density at radius 1 is 1.21 bits per heavy atom. The van der Waals surface area contributed by atoms with Crippen LogP contribution in [0.15, 0.2) is 18.2 Å². The van der Waals surface area contributed by atoms with Gasteiger partial charge in [-0.05, 0) is 38.4 Å². The first-order valence-corrected chi connectivity index (χ1v) is 6.46. The van der Waals surface area contributed by atoms with Gasteiger partial charge in [-0.1, -0.05) is 12.1 Å². The van der Waals surface area contributed by atoms with Crippen molar-refractivity contribution in [3.63, 3.8) is 0 Å². The molecule has 0 fully saturated rings. The molecule has 0 aromatic heterocycles. The van der Waals surface area contributed by atoms with Gasteiger partial charge in [-0.25, -0.2) is 4.79 Å². The standard InChI is InChI=1S/C14H21NO4/c1-3-17-12-7-5-6-11(8-9-15)14(12)19-10-13(16)18-4-2/h5-7H,3-4,8-10,15H2,1-2H3. The predicted molar refractivity (Wildman–Crippen MR) is 72.5 cm³/mol. The molecular formula is C14H21NO4. The van der Waals surface area contributed by atoms with Gasteiger partial charge < -0.3 is 19.9 Å². The average Bonchev–Trinajstić information content (AvgIpc) is 2.39. The van der Waals surface area contributed by atoms with E-state index < -0.39 is 5.97 Å². The van der Waals surface area contributed by atoms with Crippen LogP contribution in [0.25, 0.3) is 0 Å². The second-order valence-electron chi connectivity index (χ2n) is 3.81. The first-order valence-electron chi connectivity index (χ1n) is 6.46. The van der Waals surface area contributed by atoms with E-state index in [9.17, 15) is 4.79 Å². The molecule has 5 nitrogen and oxygen atoms in total. The lowest BCUT2D eigenvalue weighted by atomic mass is 10.1. The zero-order valence-electron chi connectivity index (χ0n) is 11.5. The highest BCUT2D eigenvalue weighted by atomic mass is 16.6. The van der Waals surface area contributed by atoms with Gasteiger partial charge in [-0.15, -0.1) is 0 Å². The van der Waals surface area contributed by atoms with E-state index in [-0.39, 0.29) is 6.61 Å². The Kier molecular flexibility index (Phi) is 6.74. The van der Waals surface area contributed by atoms with Gasteiger partial charge in [0.15, 0.2) is 18.1 Å². The Morgan fingerprint density at radius 2 is 2.00 bits per heavy atom. The van der Waals surface area contributed by atoms with Crippen molar-refractivity contribution in [2.75, 3.05) is 26.4 Å². The summed E-state index contributed by atoms with van der Waals surface area (Å²) in [6, 6.07) is 5.60. The molecule has 0 aliphatic rings. The van der Waals surface area contributed by atoms with Crippen LogP contribution in [-0.2, 0) is 16.0 Å². The van der Waals surface area contributed by atoms with Crippen LogP contribution in [0.1, 0.15) is 19.4 Å². The summed E-state index contributed by atoms with van der Waals surface area (Å²) < 4.78 is 15.9. The number of hydrogen-bond donors (Lipinski definition) is 1. The van der Waals surface area contributed by atoms with E-state index in [0.717, 1.165) is 5.56 Å². The topological polar surface area (TPSA) is 70.8 Å². The van der Waals surface area contributed by atoms with Crippen molar-refractivity contribution >= 4 is 5.97 Å². The number of ether oxygens (including phenoxy) is 3. The summed E-state index contributed by atoms with van der Waals surface area (Å²) in [6.07, 6.45) is 0.666. The molecule has 19 heavy (non-hydrogen) atoms.